The van der Waals surface area contributed by atoms with Gasteiger partial charge in [-0.25, -0.2) is 8.42 Å². The molecule has 0 fully saturated rings. The van der Waals surface area contributed by atoms with Crippen LogP contribution in [-0.4, -0.2) is 32.3 Å². The largest absolute Gasteiger partial charge is 0.471 e. The predicted molar refractivity (Wildman–Crippen MR) is 79.4 cm³/mol. The van der Waals surface area contributed by atoms with Crippen LogP contribution in [0.1, 0.15) is 0 Å². The quantitative estimate of drug-likeness (QED) is 0.677. The van der Waals surface area contributed by atoms with E-state index in [9.17, 15) is 26.4 Å². The van der Waals surface area contributed by atoms with E-state index in [1.165, 1.54) is 12.1 Å². The Balaban J connectivity index is 2.43. The molecule has 114 valence electrons. The number of hydrogen-bond acceptors (Lipinski definition) is 3. The highest BCUT2D eigenvalue weighted by Gasteiger charge is 2.46. The van der Waals surface area contributed by atoms with Gasteiger partial charge in [-0.05, 0) is 52.9 Å². The van der Waals surface area contributed by atoms with Gasteiger partial charge in [0.05, 0.1) is 11.8 Å². The van der Waals surface area contributed by atoms with Gasteiger partial charge in [-0.2, -0.15) is 13.2 Å². The summed E-state index contributed by atoms with van der Waals surface area (Å²) in [6.45, 7) is 0. The first-order valence-electron chi connectivity index (χ1n) is 5.67. The van der Waals surface area contributed by atoms with E-state index in [4.69, 9.17) is 0 Å². The molecule has 2 rings (SSSR count). The highest BCUT2D eigenvalue weighted by Crippen LogP contribution is 2.29. The van der Waals surface area contributed by atoms with Crippen LogP contribution in [0.5, 0.6) is 0 Å². The molecule has 0 aliphatic carbocycles. The zero-order valence-electron chi connectivity index (χ0n) is 10.3. The molecule has 4 nitrogen and oxygen atoms in total. The molecule has 1 aliphatic rings. The van der Waals surface area contributed by atoms with Crippen molar-refractivity contribution < 1.29 is 26.4 Å². The molecule has 1 unspecified atom stereocenters. The van der Waals surface area contributed by atoms with Crippen LogP contribution in [0.15, 0.2) is 35.7 Å². The van der Waals surface area contributed by atoms with E-state index in [-0.39, 0.29) is 5.69 Å². The molecule has 21 heavy (non-hydrogen) atoms. The molecule has 0 radical (unpaired) electrons. The number of anilines is 1. The first-order chi connectivity index (χ1) is 9.60. The highest BCUT2D eigenvalue weighted by atomic mass is 127. The minimum Gasteiger partial charge on any atom is -0.297 e. The van der Waals surface area contributed by atoms with Gasteiger partial charge < -0.3 is 0 Å². The molecule has 0 saturated carbocycles. The summed E-state index contributed by atoms with van der Waals surface area (Å²) in [5.74, 6) is -2.64. The molecule has 1 aromatic carbocycles. The molecule has 1 aromatic rings. The average molecular weight is 431 g/mol. The molecule has 0 bridgehead atoms. The Morgan fingerprint density at radius 3 is 2.24 bits per heavy atom. The summed E-state index contributed by atoms with van der Waals surface area (Å²) in [5.41, 5.74) is 0.00416. The smallest absolute Gasteiger partial charge is 0.297 e. The second-order valence-electron chi connectivity index (χ2n) is 4.37. The van der Waals surface area contributed by atoms with Gasteiger partial charge in [0.2, 0.25) is 0 Å². The van der Waals surface area contributed by atoms with Crippen LogP contribution in [0.2, 0.25) is 0 Å². The van der Waals surface area contributed by atoms with Crippen LogP contribution in [0, 0.1) is 3.57 Å². The van der Waals surface area contributed by atoms with Crippen molar-refractivity contribution in [2.75, 3.05) is 10.7 Å². The topological polar surface area (TPSA) is 54.5 Å². The normalized spacial score (nSPS) is 20.5. The molecule has 0 saturated heterocycles. The Labute approximate surface area is 132 Å². The number of carbonyl (C=O) groups excluding carboxylic acids is 1. The SMILES string of the molecule is O=C(N(c1ccc(I)cc1)C1C=CS(=O)(=O)C1)C(F)(F)F. The van der Waals surface area contributed by atoms with Crippen LogP contribution >= 0.6 is 22.6 Å². The van der Waals surface area contributed by atoms with Crippen LogP contribution in [0.4, 0.5) is 18.9 Å². The Hall–Kier alpha value is -1.10. The third kappa shape index (κ3) is 3.76. The number of rotatable bonds is 2. The second kappa shape index (κ2) is 5.59. The Kier molecular flexibility index (Phi) is 4.34. The molecule has 9 heteroatoms. The average Bonchev–Trinajstić information content (AvgIpc) is 2.71. The van der Waals surface area contributed by atoms with Gasteiger partial charge in [0, 0.05) is 14.7 Å². The zero-order chi connectivity index (χ0) is 15.8. The lowest BCUT2D eigenvalue weighted by Gasteiger charge is -2.28. The van der Waals surface area contributed by atoms with Crippen molar-refractivity contribution in [2.24, 2.45) is 0 Å². The maximum Gasteiger partial charge on any atom is 0.471 e. The fourth-order valence-electron chi connectivity index (χ4n) is 1.92. The Morgan fingerprint density at radius 2 is 1.81 bits per heavy atom. The number of carbonyl (C=O) groups is 1. The molecular weight excluding hydrogens is 422 g/mol. The van der Waals surface area contributed by atoms with E-state index in [1.54, 1.807) is 12.1 Å². The molecular formula is C12H9F3INO3S. The van der Waals surface area contributed by atoms with E-state index in [0.29, 0.717) is 4.90 Å². The van der Waals surface area contributed by atoms with Gasteiger partial charge >= 0.3 is 12.1 Å². The second-order valence-corrected chi connectivity index (χ2v) is 7.55. The lowest BCUT2D eigenvalue weighted by molar-refractivity contribution is -0.170. The summed E-state index contributed by atoms with van der Waals surface area (Å²) < 4.78 is 61.8. The summed E-state index contributed by atoms with van der Waals surface area (Å²) in [5, 5.41) is 0.834. The zero-order valence-corrected chi connectivity index (χ0v) is 13.3. The number of amides is 1. The van der Waals surface area contributed by atoms with Crippen molar-refractivity contribution in [2.45, 2.75) is 12.2 Å². The Morgan fingerprint density at radius 1 is 1.24 bits per heavy atom. The first-order valence-corrected chi connectivity index (χ1v) is 8.46. The van der Waals surface area contributed by atoms with Gasteiger partial charge in [-0.1, -0.05) is 0 Å². The van der Waals surface area contributed by atoms with Gasteiger partial charge in [-0.15, -0.1) is 0 Å². The van der Waals surface area contributed by atoms with Gasteiger partial charge in [-0.3, -0.25) is 9.69 Å². The van der Waals surface area contributed by atoms with Crippen molar-refractivity contribution in [3.05, 3.63) is 39.3 Å². The molecule has 0 spiro atoms. The van der Waals surface area contributed by atoms with E-state index >= 15 is 0 Å². The predicted octanol–water partition coefficient (Wildman–Crippen LogP) is 2.50. The number of benzene rings is 1. The summed E-state index contributed by atoms with van der Waals surface area (Å²) in [4.78, 5) is 12.1. The van der Waals surface area contributed by atoms with Gasteiger partial charge in [0.25, 0.3) is 0 Å². The van der Waals surface area contributed by atoms with Crippen LogP contribution in [0.3, 0.4) is 0 Å². The highest BCUT2D eigenvalue weighted by molar-refractivity contribution is 14.1. The molecule has 1 aliphatic heterocycles. The molecule has 1 heterocycles. The Bertz CT molecular complexity index is 683. The fourth-order valence-corrected chi connectivity index (χ4v) is 3.55. The van der Waals surface area contributed by atoms with Crippen molar-refractivity contribution in [3.63, 3.8) is 0 Å². The first kappa shape index (κ1) is 16.3. The summed E-state index contributed by atoms with van der Waals surface area (Å²) >= 11 is 1.97. The van der Waals surface area contributed by atoms with Crippen molar-refractivity contribution in [3.8, 4) is 0 Å². The number of alkyl halides is 3. The van der Waals surface area contributed by atoms with E-state index in [1.807, 2.05) is 22.6 Å². The van der Waals surface area contributed by atoms with Crippen LogP contribution in [0.25, 0.3) is 0 Å². The molecule has 0 aromatic heterocycles. The van der Waals surface area contributed by atoms with Crippen molar-refractivity contribution in [1.82, 2.24) is 0 Å². The molecule has 1 atom stereocenters. The monoisotopic (exact) mass is 431 g/mol. The summed E-state index contributed by atoms with van der Waals surface area (Å²) in [6, 6.07) is 4.62. The maximum absolute atomic E-state index is 12.7. The summed E-state index contributed by atoms with van der Waals surface area (Å²) in [7, 11) is -3.58. The molecule has 0 N–H and O–H groups in total. The third-order valence-corrected chi connectivity index (χ3v) is 4.91. The fraction of sp³-hybridized carbons (Fsp3) is 0.250. The minimum absolute atomic E-state index is 0.00416. The molecule has 1 amide bonds. The number of hydrogen-bond donors (Lipinski definition) is 0. The van der Waals surface area contributed by atoms with Gasteiger partial charge in [0.1, 0.15) is 0 Å². The van der Waals surface area contributed by atoms with Crippen molar-refractivity contribution in [1.29, 1.82) is 0 Å². The van der Waals surface area contributed by atoms with Crippen molar-refractivity contribution >= 4 is 44.0 Å². The standard InChI is InChI=1S/C12H9F3INO3S/c13-12(14,15)11(18)17(9-3-1-8(16)2-4-9)10-5-6-21(19,20)7-10/h1-6,10H,7H2. The lowest BCUT2D eigenvalue weighted by atomic mass is 10.2. The third-order valence-electron chi connectivity index (χ3n) is 2.81. The van der Waals surface area contributed by atoms with Crippen LogP contribution in [-0.2, 0) is 14.6 Å². The number of halogens is 4. The van der Waals surface area contributed by atoms with E-state index in [0.717, 1.165) is 15.1 Å². The number of nitrogens with zero attached hydrogens (tertiary/aromatic N) is 1. The van der Waals surface area contributed by atoms with Gasteiger partial charge in [0.15, 0.2) is 9.84 Å². The summed E-state index contributed by atoms with van der Waals surface area (Å²) in [6.07, 6.45) is -3.99. The lowest BCUT2D eigenvalue weighted by Crippen LogP contribution is -2.47. The van der Waals surface area contributed by atoms with Crippen LogP contribution < -0.4 is 4.90 Å². The maximum atomic E-state index is 12.7. The van der Waals surface area contributed by atoms with E-state index in [2.05, 4.69) is 0 Å². The minimum atomic E-state index is -5.08. The number of sulfone groups is 1. The van der Waals surface area contributed by atoms with E-state index < -0.39 is 33.7 Å².